The van der Waals surface area contributed by atoms with Crippen LogP contribution in [0.15, 0.2) is 36.5 Å². The number of ether oxygens (including phenoxy) is 2. The molecule has 1 aromatic carbocycles. The van der Waals surface area contributed by atoms with Gasteiger partial charge in [-0.05, 0) is 61.9 Å². The van der Waals surface area contributed by atoms with Crippen LogP contribution in [0.2, 0.25) is 5.02 Å². The van der Waals surface area contributed by atoms with Gasteiger partial charge in [0.05, 0.1) is 11.6 Å². The average Bonchev–Trinajstić information content (AvgIpc) is 2.88. The number of nitrogens with one attached hydrogen (secondary N) is 1. The Morgan fingerprint density at radius 3 is 2.94 bits per heavy atom. The predicted octanol–water partition coefficient (Wildman–Crippen LogP) is 4.71. The number of Topliss-reactive ketones (excluding diaryl/α,β-unsaturated/α-hetero) is 1. The van der Waals surface area contributed by atoms with E-state index in [1.807, 2.05) is 12.1 Å². The van der Waals surface area contributed by atoms with Gasteiger partial charge in [-0.25, -0.2) is 0 Å². The number of carbonyl (C=O) groups excluding carboxylic acids is 1. The number of pyridine rings is 1. The van der Waals surface area contributed by atoms with Crippen molar-refractivity contribution in [2.45, 2.75) is 32.1 Å². The van der Waals surface area contributed by atoms with Crippen molar-refractivity contribution in [2.24, 2.45) is 11.8 Å². The number of carbonyl (C=O) groups is 1. The maximum absolute atomic E-state index is 13.1. The van der Waals surface area contributed by atoms with Crippen molar-refractivity contribution < 1.29 is 14.3 Å². The Bertz CT molecular complexity index is 948. The number of benzene rings is 1. The minimum absolute atomic E-state index is 0.0595. The van der Waals surface area contributed by atoms with Gasteiger partial charge in [-0.1, -0.05) is 23.7 Å². The number of aromatic nitrogens is 1. The molecule has 1 atom stereocenters. The molecule has 4 rings (SSSR count). The highest BCUT2D eigenvalue weighted by Gasteiger charge is 2.26. The summed E-state index contributed by atoms with van der Waals surface area (Å²) in [5.74, 6) is 0.962. The minimum Gasteiger partial charge on any atom is -0.385 e. The van der Waals surface area contributed by atoms with Crippen LogP contribution in [0.4, 0.5) is 5.69 Å². The summed E-state index contributed by atoms with van der Waals surface area (Å²) in [6.07, 6.45) is 6.22. The molecule has 2 saturated heterocycles. The highest BCUT2D eigenvalue weighted by atomic mass is 35.5. The quantitative estimate of drug-likeness (QED) is 0.525. The third kappa shape index (κ3) is 7.01. The van der Waals surface area contributed by atoms with Crippen LogP contribution in [-0.2, 0) is 20.7 Å². The van der Waals surface area contributed by atoms with Crippen LogP contribution in [0.5, 0.6) is 0 Å². The highest BCUT2D eigenvalue weighted by Crippen LogP contribution is 2.30. The lowest BCUT2D eigenvalue weighted by molar-refractivity contribution is -0.124. The Kier molecular flexibility index (Phi) is 9.33. The number of hydrogen-bond donors (Lipinski definition) is 1. The van der Waals surface area contributed by atoms with Crippen LogP contribution in [0.1, 0.15) is 31.4 Å². The second-order valence-corrected chi connectivity index (χ2v) is 9.86. The summed E-state index contributed by atoms with van der Waals surface area (Å²) >= 11 is 6.53. The first-order chi connectivity index (χ1) is 16.6. The standard InChI is InChI=1S/C27H36ClN3O3/c1-33-13-10-31-9-3-5-22(19-31)27(32)16-24-15-25(26(28)18-30-24)21-4-2-6-23(14-21)29-17-20-7-11-34-12-8-20/h2,4,6,14-15,18,20,22,29H,3,5,7-13,16-17,19H2,1H3/t22-/m1/s1. The normalized spacial score (nSPS) is 19.8. The number of likely N-dealkylation sites (tertiary alicyclic amines) is 1. The zero-order valence-corrected chi connectivity index (χ0v) is 20.9. The average molecular weight is 486 g/mol. The molecule has 0 bridgehead atoms. The Hall–Kier alpha value is -1.99. The van der Waals surface area contributed by atoms with Gasteiger partial charge in [-0.15, -0.1) is 0 Å². The van der Waals surface area contributed by atoms with Crippen molar-refractivity contribution in [1.29, 1.82) is 0 Å². The third-order valence-electron chi connectivity index (χ3n) is 6.95. The molecule has 34 heavy (non-hydrogen) atoms. The third-order valence-corrected chi connectivity index (χ3v) is 7.25. The highest BCUT2D eigenvalue weighted by molar-refractivity contribution is 6.33. The number of ketones is 1. The van der Waals surface area contributed by atoms with Gasteiger partial charge in [0, 0.05) is 75.4 Å². The number of nitrogens with zero attached hydrogens (tertiary/aromatic N) is 2. The Morgan fingerprint density at radius 2 is 2.12 bits per heavy atom. The number of halogens is 1. The van der Waals surface area contributed by atoms with E-state index < -0.39 is 0 Å². The fourth-order valence-electron chi connectivity index (χ4n) is 4.87. The minimum atomic E-state index is 0.0595. The van der Waals surface area contributed by atoms with E-state index in [-0.39, 0.29) is 11.7 Å². The first kappa shape index (κ1) is 25.1. The van der Waals surface area contributed by atoms with E-state index in [4.69, 9.17) is 21.1 Å². The topological polar surface area (TPSA) is 63.7 Å². The summed E-state index contributed by atoms with van der Waals surface area (Å²) in [5, 5.41) is 4.17. The van der Waals surface area contributed by atoms with Crippen molar-refractivity contribution in [3.63, 3.8) is 0 Å². The first-order valence-electron chi connectivity index (χ1n) is 12.4. The summed E-state index contributed by atoms with van der Waals surface area (Å²) in [6.45, 7) is 6.08. The van der Waals surface area contributed by atoms with Crippen LogP contribution < -0.4 is 5.32 Å². The van der Waals surface area contributed by atoms with Crippen molar-refractivity contribution in [3.8, 4) is 11.1 Å². The molecule has 0 aliphatic carbocycles. The zero-order valence-electron chi connectivity index (χ0n) is 20.1. The van der Waals surface area contributed by atoms with Gasteiger partial charge in [0.25, 0.3) is 0 Å². The predicted molar refractivity (Wildman–Crippen MR) is 136 cm³/mol. The molecule has 2 aromatic rings. The SMILES string of the molecule is COCCN1CCC[C@@H](C(=O)Cc2cc(-c3cccc(NCC4CCOCC4)c3)c(Cl)cn2)C1. The Labute approximate surface area is 208 Å². The zero-order chi connectivity index (χ0) is 23.8. The summed E-state index contributed by atoms with van der Waals surface area (Å²) in [7, 11) is 1.72. The molecule has 0 amide bonds. The molecule has 2 aliphatic heterocycles. The molecule has 0 unspecified atom stereocenters. The maximum Gasteiger partial charge on any atom is 0.143 e. The van der Waals surface area contributed by atoms with Crippen molar-refractivity contribution >= 4 is 23.1 Å². The number of methoxy groups -OCH3 is 1. The second kappa shape index (κ2) is 12.6. The Morgan fingerprint density at radius 1 is 1.26 bits per heavy atom. The van der Waals surface area contributed by atoms with E-state index in [1.54, 1.807) is 13.3 Å². The van der Waals surface area contributed by atoms with E-state index in [0.717, 1.165) is 87.6 Å². The first-order valence-corrected chi connectivity index (χ1v) is 12.8. The van der Waals surface area contributed by atoms with Gasteiger partial charge in [0.1, 0.15) is 5.78 Å². The van der Waals surface area contributed by atoms with Crippen LogP contribution >= 0.6 is 11.6 Å². The van der Waals surface area contributed by atoms with Crippen molar-refractivity contribution in [3.05, 3.63) is 47.2 Å². The molecule has 0 saturated carbocycles. The van der Waals surface area contributed by atoms with Crippen LogP contribution in [0.3, 0.4) is 0 Å². The molecule has 0 spiro atoms. The lowest BCUT2D eigenvalue weighted by Gasteiger charge is -2.31. The molecule has 0 radical (unpaired) electrons. The molecular weight excluding hydrogens is 450 g/mol. The van der Waals surface area contributed by atoms with E-state index in [9.17, 15) is 4.79 Å². The van der Waals surface area contributed by atoms with Gasteiger partial charge >= 0.3 is 0 Å². The molecule has 184 valence electrons. The molecule has 2 aliphatic rings. The van der Waals surface area contributed by atoms with Gasteiger partial charge in [-0.2, -0.15) is 0 Å². The summed E-state index contributed by atoms with van der Waals surface area (Å²) in [5.41, 5.74) is 3.80. The molecule has 1 aromatic heterocycles. The van der Waals surface area contributed by atoms with Crippen molar-refractivity contribution in [2.75, 3.05) is 58.4 Å². The molecule has 2 fully saturated rings. The van der Waals surface area contributed by atoms with Crippen LogP contribution in [0, 0.1) is 11.8 Å². The van der Waals surface area contributed by atoms with E-state index in [1.165, 1.54) is 0 Å². The lowest BCUT2D eigenvalue weighted by atomic mass is 9.91. The Balaban J connectivity index is 1.40. The van der Waals surface area contributed by atoms with E-state index >= 15 is 0 Å². The van der Waals surface area contributed by atoms with Gasteiger partial charge in [-0.3, -0.25) is 9.78 Å². The molecule has 1 N–H and O–H groups in total. The van der Waals surface area contributed by atoms with Gasteiger partial charge in [0.2, 0.25) is 0 Å². The second-order valence-electron chi connectivity index (χ2n) is 9.45. The molecule has 3 heterocycles. The van der Waals surface area contributed by atoms with E-state index in [0.29, 0.717) is 24.0 Å². The van der Waals surface area contributed by atoms with Crippen LogP contribution in [0.25, 0.3) is 11.1 Å². The number of anilines is 1. The number of hydrogen-bond acceptors (Lipinski definition) is 6. The molecule has 7 heteroatoms. The largest absolute Gasteiger partial charge is 0.385 e. The number of piperidine rings is 1. The summed E-state index contributed by atoms with van der Waals surface area (Å²) in [6, 6.07) is 10.3. The molecule has 6 nitrogen and oxygen atoms in total. The van der Waals surface area contributed by atoms with E-state index in [2.05, 4.69) is 33.4 Å². The summed E-state index contributed by atoms with van der Waals surface area (Å²) < 4.78 is 10.7. The fourth-order valence-corrected chi connectivity index (χ4v) is 5.09. The smallest absolute Gasteiger partial charge is 0.143 e. The summed E-state index contributed by atoms with van der Waals surface area (Å²) in [4.78, 5) is 19.9. The maximum atomic E-state index is 13.1. The monoisotopic (exact) mass is 485 g/mol. The van der Waals surface area contributed by atoms with Crippen LogP contribution in [-0.4, -0.2) is 68.8 Å². The number of rotatable bonds is 10. The molecular formula is C27H36ClN3O3. The van der Waals surface area contributed by atoms with Gasteiger partial charge < -0.3 is 19.7 Å². The fraction of sp³-hybridized carbons (Fsp3) is 0.556. The van der Waals surface area contributed by atoms with Crippen molar-refractivity contribution in [1.82, 2.24) is 9.88 Å². The lowest BCUT2D eigenvalue weighted by Crippen LogP contribution is -2.40. The van der Waals surface area contributed by atoms with Gasteiger partial charge in [0.15, 0.2) is 0 Å².